The van der Waals surface area contributed by atoms with Crippen LogP contribution in [0.2, 0.25) is 0 Å². The number of ether oxygens (including phenoxy) is 3. The van der Waals surface area contributed by atoms with Crippen LogP contribution in [0, 0.1) is 0 Å². The van der Waals surface area contributed by atoms with E-state index in [4.69, 9.17) is 14.2 Å². The van der Waals surface area contributed by atoms with Crippen molar-refractivity contribution >= 4 is 5.97 Å². The van der Waals surface area contributed by atoms with Gasteiger partial charge in [0.2, 0.25) is 0 Å². The molecule has 18 heavy (non-hydrogen) atoms. The lowest BCUT2D eigenvalue weighted by Gasteiger charge is -2.11. The topological polar surface area (TPSA) is 44.8 Å². The van der Waals surface area contributed by atoms with E-state index in [2.05, 4.69) is 0 Å². The second-order valence-electron chi connectivity index (χ2n) is 4.77. The van der Waals surface area contributed by atoms with Gasteiger partial charge < -0.3 is 14.2 Å². The van der Waals surface area contributed by atoms with E-state index in [1.807, 2.05) is 30.3 Å². The maximum atomic E-state index is 11.0. The average Bonchev–Trinajstić information content (AvgIpc) is 2.87. The molecule has 96 valence electrons. The Labute approximate surface area is 106 Å². The Morgan fingerprint density at radius 1 is 1.22 bits per heavy atom. The number of esters is 1. The highest BCUT2D eigenvalue weighted by atomic mass is 16.6. The van der Waals surface area contributed by atoms with E-state index in [1.165, 1.54) is 0 Å². The monoisotopic (exact) mass is 248 g/mol. The van der Waals surface area contributed by atoms with Crippen LogP contribution in [0.25, 0.3) is 0 Å². The van der Waals surface area contributed by atoms with Gasteiger partial charge in [0.15, 0.2) is 0 Å². The summed E-state index contributed by atoms with van der Waals surface area (Å²) in [5, 5.41) is 0. The number of hydrogen-bond acceptors (Lipinski definition) is 4. The first-order valence-electron chi connectivity index (χ1n) is 6.28. The first kappa shape index (κ1) is 11.7. The van der Waals surface area contributed by atoms with Gasteiger partial charge in [0.05, 0.1) is 25.7 Å². The van der Waals surface area contributed by atoms with E-state index in [9.17, 15) is 4.79 Å². The van der Waals surface area contributed by atoms with Gasteiger partial charge in [-0.15, -0.1) is 0 Å². The highest BCUT2D eigenvalue weighted by Crippen LogP contribution is 2.31. The molecule has 0 radical (unpaired) electrons. The quantitative estimate of drug-likeness (QED) is 0.760. The molecule has 3 atom stereocenters. The second kappa shape index (κ2) is 5.08. The SMILES string of the molecule is O=C1C[C@@H]2O[C@@H](COCc3ccccc3)C[C@@H]2O1. The van der Waals surface area contributed by atoms with Crippen molar-refractivity contribution in [3.8, 4) is 0 Å². The molecule has 0 saturated carbocycles. The summed E-state index contributed by atoms with van der Waals surface area (Å²) >= 11 is 0. The Balaban J connectivity index is 1.42. The van der Waals surface area contributed by atoms with Crippen LogP contribution in [-0.4, -0.2) is 30.9 Å². The minimum absolute atomic E-state index is 0.0526. The van der Waals surface area contributed by atoms with Crippen molar-refractivity contribution in [2.75, 3.05) is 6.61 Å². The molecule has 2 aliphatic rings. The van der Waals surface area contributed by atoms with Gasteiger partial charge in [0.25, 0.3) is 0 Å². The van der Waals surface area contributed by atoms with Crippen LogP contribution < -0.4 is 0 Å². The predicted molar refractivity (Wildman–Crippen MR) is 63.9 cm³/mol. The summed E-state index contributed by atoms with van der Waals surface area (Å²) in [7, 11) is 0. The molecule has 0 aromatic heterocycles. The Morgan fingerprint density at radius 3 is 2.83 bits per heavy atom. The third-order valence-electron chi connectivity index (χ3n) is 3.34. The molecular weight excluding hydrogens is 232 g/mol. The molecule has 2 heterocycles. The normalized spacial score (nSPS) is 30.2. The summed E-state index contributed by atoms with van der Waals surface area (Å²) in [6.07, 6.45) is 1.09. The van der Waals surface area contributed by atoms with Gasteiger partial charge in [-0.25, -0.2) is 0 Å². The first-order valence-corrected chi connectivity index (χ1v) is 6.28. The number of benzene rings is 1. The second-order valence-corrected chi connectivity index (χ2v) is 4.77. The Kier molecular flexibility index (Phi) is 3.30. The van der Waals surface area contributed by atoms with E-state index >= 15 is 0 Å². The highest BCUT2D eigenvalue weighted by molar-refractivity contribution is 5.72. The third kappa shape index (κ3) is 2.54. The number of rotatable bonds is 4. The van der Waals surface area contributed by atoms with Crippen LogP contribution in [0.1, 0.15) is 18.4 Å². The molecule has 2 aliphatic heterocycles. The van der Waals surface area contributed by atoms with E-state index in [1.54, 1.807) is 0 Å². The van der Waals surface area contributed by atoms with Crippen molar-refractivity contribution in [2.45, 2.75) is 37.8 Å². The van der Waals surface area contributed by atoms with Gasteiger partial charge in [0, 0.05) is 6.42 Å². The van der Waals surface area contributed by atoms with Crippen molar-refractivity contribution < 1.29 is 19.0 Å². The van der Waals surface area contributed by atoms with Crippen molar-refractivity contribution in [1.29, 1.82) is 0 Å². The molecule has 0 spiro atoms. The van der Waals surface area contributed by atoms with Crippen LogP contribution in [-0.2, 0) is 25.6 Å². The molecule has 0 bridgehead atoms. The summed E-state index contributed by atoms with van der Waals surface area (Å²) in [5.41, 5.74) is 1.15. The Hall–Kier alpha value is -1.39. The number of hydrogen-bond donors (Lipinski definition) is 0. The lowest BCUT2D eigenvalue weighted by atomic mass is 10.1. The van der Waals surface area contributed by atoms with Gasteiger partial charge in [-0.3, -0.25) is 4.79 Å². The molecule has 4 nitrogen and oxygen atoms in total. The van der Waals surface area contributed by atoms with Crippen LogP contribution in [0.5, 0.6) is 0 Å². The molecule has 0 aliphatic carbocycles. The standard InChI is InChI=1S/C14H16O4/c15-14-7-13-12(18-14)6-11(17-13)9-16-8-10-4-2-1-3-5-10/h1-5,11-13H,6-9H2/t11-,12+,13+/m1/s1. The summed E-state index contributed by atoms with van der Waals surface area (Å²) in [6.45, 7) is 1.15. The van der Waals surface area contributed by atoms with Gasteiger partial charge >= 0.3 is 5.97 Å². The fourth-order valence-electron chi connectivity index (χ4n) is 2.48. The lowest BCUT2D eigenvalue weighted by Crippen LogP contribution is -2.17. The summed E-state index contributed by atoms with van der Waals surface area (Å²) in [5.74, 6) is -0.145. The smallest absolute Gasteiger partial charge is 0.308 e. The number of carbonyl (C=O) groups excluding carboxylic acids is 1. The van der Waals surface area contributed by atoms with E-state index in [-0.39, 0.29) is 24.3 Å². The van der Waals surface area contributed by atoms with Gasteiger partial charge in [-0.2, -0.15) is 0 Å². The van der Waals surface area contributed by atoms with E-state index < -0.39 is 0 Å². The van der Waals surface area contributed by atoms with Gasteiger partial charge in [-0.05, 0) is 5.56 Å². The van der Waals surface area contributed by atoms with Crippen molar-refractivity contribution in [3.63, 3.8) is 0 Å². The van der Waals surface area contributed by atoms with E-state index in [0.717, 1.165) is 12.0 Å². The molecule has 3 rings (SSSR count). The summed E-state index contributed by atoms with van der Waals surface area (Å²) in [4.78, 5) is 11.0. The maximum Gasteiger partial charge on any atom is 0.308 e. The molecule has 2 fully saturated rings. The van der Waals surface area contributed by atoms with Crippen molar-refractivity contribution in [1.82, 2.24) is 0 Å². The van der Waals surface area contributed by atoms with Gasteiger partial charge in [-0.1, -0.05) is 30.3 Å². The zero-order valence-corrected chi connectivity index (χ0v) is 10.1. The lowest BCUT2D eigenvalue weighted by molar-refractivity contribution is -0.141. The maximum absolute atomic E-state index is 11.0. The summed E-state index contributed by atoms with van der Waals surface area (Å²) < 4.78 is 16.5. The van der Waals surface area contributed by atoms with Crippen molar-refractivity contribution in [2.24, 2.45) is 0 Å². The Bertz CT molecular complexity index is 401. The average molecular weight is 248 g/mol. The molecule has 1 aromatic carbocycles. The number of carbonyl (C=O) groups is 1. The zero-order chi connectivity index (χ0) is 12.4. The number of fused-ring (bicyclic) bond motifs is 1. The molecular formula is C14H16O4. The van der Waals surface area contributed by atoms with Crippen LogP contribution in [0.15, 0.2) is 30.3 Å². The van der Waals surface area contributed by atoms with Gasteiger partial charge in [0.1, 0.15) is 12.2 Å². The first-order chi connectivity index (χ1) is 8.81. The van der Waals surface area contributed by atoms with Crippen molar-refractivity contribution in [3.05, 3.63) is 35.9 Å². The minimum Gasteiger partial charge on any atom is -0.459 e. The Morgan fingerprint density at radius 2 is 2.06 bits per heavy atom. The van der Waals surface area contributed by atoms with Crippen LogP contribution in [0.4, 0.5) is 0 Å². The fourth-order valence-corrected chi connectivity index (χ4v) is 2.48. The third-order valence-corrected chi connectivity index (χ3v) is 3.34. The molecule has 0 unspecified atom stereocenters. The molecule has 0 N–H and O–H groups in total. The highest BCUT2D eigenvalue weighted by Gasteiger charge is 2.44. The summed E-state index contributed by atoms with van der Waals surface area (Å²) in [6, 6.07) is 10.0. The zero-order valence-electron chi connectivity index (χ0n) is 10.1. The predicted octanol–water partition coefficient (Wildman–Crippen LogP) is 1.68. The molecule has 0 amide bonds. The molecule has 1 aromatic rings. The van der Waals surface area contributed by atoms with Crippen LogP contribution >= 0.6 is 0 Å². The van der Waals surface area contributed by atoms with E-state index in [0.29, 0.717) is 19.6 Å². The molecule has 4 heteroatoms. The largest absolute Gasteiger partial charge is 0.459 e. The molecule has 2 saturated heterocycles. The fraction of sp³-hybridized carbons (Fsp3) is 0.500. The van der Waals surface area contributed by atoms with Crippen LogP contribution in [0.3, 0.4) is 0 Å². The minimum atomic E-state index is -0.145.